The summed E-state index contributed by atoms with van der Waals surface area (Å²) in [7, 11) is 1.61. The molecule has 0 saturated heterocycles. The molecule has 0 spiro atoms. The normalized spacial score (nSPS) is 11.7. The van der Waals surface area contributed by atoms with Crippen molar-refractivity contribution in [3.05, 3.63) is 95.6 Å². The van der Waals surface area contributed by atoms with Crippen LogP contribution in [-0.4, -0.2) is 31.4 Å². The van der Waals surface area contributed by atoms with Gasteiger partial charge in [-0.1, -0.05) is 74.5 Å². The van der Waals surface area contributed by atoms with Crippen LogP contribution >= 0.6 is 0 Å². The SMILES string of the molecule is COc1cc(/C=N\N=C(/C(=O)c2ccccc2)c2ccccc2)ccc1OCCC(C)C. The van der Waals surface area contributed by atoms with Crippen LogP contribution in [-0.2, 0) is 0 Å². The van der Waals surface area contributed by atoms with Gasteiger partial charge in [0.25, 0.3) is 0 Å². The number of carbonyl (C=O) groups is 1. The molecule has 0 aromatic heterocycles. The van der Waals surface area contributed by atoms with Gasteiger partial charge in [0.2, 0.25) is 5.78 Å². The second-order valence-electron chi connectivity index (χ2n) is 7.70. The van der Waals surface area contributed by atoms with Gasteiger partial charge in [-0.3, -0.25) is 4.79 Å². The Kier molecular flexibility index (Phi) is 8.32. The molecule has 5 heteroatoms. The van der Waals surface area contributed by atoms with Crippen LogP contribution < -0.4 is 9.47 Å². The Bertz CT molecular complexity index is 1070. The Balaban J connectivity index is 1.83. The molecule has 0 heterocycles. The summed E-state index contributed by atoms with van der Waals surface area (Å²) in [5, 5.41) is 8.48. The highest BCUT2D eigenvalue weighted by atomic mass is 16.5. The Morgan fingerprint density at radius 1 is 0.906 bits per heavy atom. The number of Topliss-reactive ketones (excluding diaryl/α,β-unsaturated/α-hetero) is 1. The lowest BCUT2D eigenvalue weighted by Gasteiger charge is -2.12. The number of ketones is 1. The maximum absolute atomic E-state index is 13.0. The summed E-state index contributed by atoms with van der Waals surface area (Å²) in [4.78, 5) is 13.0. The molecular weight excluding hydrogens is 400 g/mol. The fourth-order valence-corrected chi connectivity index (χ4v) is 3.00. The van der Waals surface area contributed by atoms with Crippen LogP contribution in [0.1, 0.15) is 41.8 Å². The Morgan fingerprint density at radius 3 is 2.19 bits per heavy atom. The third-order valence-electron chi connectivity index (χ3n) is 4.80. The maximum atomic E-state index is 13.0. The van der Waals surface area contributed by atoms with Crippen molar-refractivity contribution in [1.82, 2.24) is 0 Å². The first-order chi connectivity index (χ1) is 15.6. The van der Waals surface area contributed by atoms with Crippen LogP contribution in [0, 0.1) is 5.92 Å². The predicted molar refractivity (Wildman–Crippen MR) is 129 cm³/mol. The zero-order chi connectivity index (χ0) is 22.8. The van der Waals surface area contributed by atoms with Crippen LogP contribution in [0.4, 0.5) is 0 Å². The highest BCUT2D eigenvalue weighted by Gasteiger charge is 2.16. The highest BCUT2D eigenvalue weighted by Crippen LogP contribution is 2.28. The molecule has 0 aliphatic heterocycles. The lowest BCUT2D eigenvalue weighted by atomic mass is 10.0. The average Bonchev–Trinajstić information content (AvgIpc) is 2.83. The largest absolute Gasteiger partial charge is 0.493 e. The number of hydrogen-bond acceptors (Lipinski definition) is 5. The zero-order valence-corrected chi connectivity index (χ0v) is 18.7. The van der Waals surface area contributed by atoms with E-state index in [0.29, 0.717) is 35.2 Å². The molecule has 32 heavy (non-hydrogen) atoms. The van der Waals surface area contributed by atoms with Crippen LogP contribution in [0.3, 0.4) is 0 Å². The van der Waals surface area contributed by atoms with Gasteiger partial charge in [-0.15, -0.1) is 5.10 Å². The van der Waals surface area contributed by atoms with E-state index in [4.69, 9.17) is 9.47 Å². The summed E-state index contributed by atoms with van der Waals surface area (Å²) >= 11 is 0. The summed E-state index contributed by atoms with van der Waals surface area (Å²) in [6.07, 6.45) is 2.57. The minimum absolute atomic E-state index is 0.180. The molecule has 0 aliphatic rings. The van der Waals surface area contributed by atoms with E-state index in [-0.39, 0.29) is 11.5 Å². The Labute approximate surface area is 189 Å². The second-order valence-corrected chi connectivity index (χ2v) is 7.70. The van der Waals surface area contributed by atoms with Gasteiger partial charge in [-0.2, -0.15) is 5.10 Å². The van der Waals surface area contributed by atoms with Crippen molar-refractivity contribution in [2.24, 2.45) is 16.1 Å². The lowest BCUT2D eigenvalue weighted by Crippen LogP contribution is -2.15. The van der Waals surface area contributed by atoms with Gasteiger partial charge in [-0.25, -0.2) is 0 Å². The first-order valence-electron chi connectivity index (χ1n) is 10.7. The summed E-state index contributed by atoms with van der Waals surface area (Å²) in [6, 6.07) is 24.0. The maximum Gasteiger partial charge on any atom is 0.213 e. The molecule has 164 valence electrons. The van der Waals surface area contributed by atoms with Crippen molar-refractivity contribution < 1.29 is 14.3 Å². The Morgan fingerprint density at radius 2 is 1.56 bits per heavy atom. The molecule has 3 aromatic rings. The fourth-order valence-electron chi connectivity index (χ4n) is 3.00. The number of methoxy groups -OCH3 is 1. The molecule has 0 N–H and O–H groups in total. The zero-order valence-electron chi connectivity index (χ0n) is 18.7. The lowest BCUT2D eigenvalue weighted by molar-refractivity contribution is 0.106. The molecule has 0 unspecified atom stereocenters. The summed E-state index contributed by atoms with van der Waals surface area (Å²) in [6.45, 7) is 4.95. The van der Waals surface area contributed by atoms with Gasteiger partial charge in [0.05, 0.1) is 19.9 Å². The number of benzene rings is 3. The van der Waals surface area contributed by atoms with Crippen molar-refractivity contribution in [1.29, 1.82) is 0 Å². The molecule has 0 amide bonds. The molecule has 0 atom stereocenters. The van der Waals surface area contributed by atoms with Crippen molar-refractivity contribution in [2.45, 2.75) is 20.3 Å². The topological polar surface area (TPSA) is 60.2 Å². The first kappa shape index (κ1) is 22.9. The average molecular weight is 429 g/mol. The van der Waals surface area contributed by atoms with Crippen LogP contribution in [0.2, 0.25) is 0 Å². The van der Waals surface area contributed by atoms with Gasteiger partial charge in [-0.05, 0) is 36.1 Å². The number of rotatable bonds is 10. The van der Waals surface area contributed by atoms with Gasteiger partial charge < -0.3 is 9.47 Å². The van der Waals surface area contributed by atoms with E-state index in [1.54, 1.807) is 25.5 Å². The number of carbonyl (C=O) groups excluding carboxylic acids is 1. The van der Waals surface area contributed by atoms with Gasteiger partial charge in [0, 0.05) is 11.1 Å². The van der Waals surface area contributed by atoms with E-state index in [0.717, 1.165) is 12.0 Å². The van der Waals surface area contributed by atoms with E-state index in [9.17, 15) is 4.79 Å². The van der Waals surface area contributed by atoms with Crippen LogP contribution in [0.15, 0.2) is 89.1 Å². The first-order valence-corrected chi connectivity index (χ1v) is 10.7. The van der Waals surface area contributed by atoms with Crippen molar-refractivity contribution in [3.8, 4) is 11.5 Å². The fraction of sp³-hybridized carbons (Fsp3) is 0.222. The summed E-state index contributed by atoms with van der Waals surface area (Å²) in [5.74, 6) is 1.71. The van der Waals surface area contributed by atoms with Gasteiger partial charge in [0.1, 0.15) is 5.71 Å². The monoisotopic (exact) mass is 428 g/mol. The third-order valence-corrected chi connectivity index (χ3v) is 4.80. The second kappa shape index (κ2) is 11.6. The van der Waals surface area contributed by atoms with Gasteiger partial charge >= 0.3 is 0 Å². The quantitative estimate of drug-likeness (QED) is 0.232. The molecule has 0 fully saturated rings. The summed E-state index contributed by atoms with van der Waals surface area (Å²) < 4.78 is 11.3. The minimum atomic E-state index is -0.180. The molecule has 0 saturated carbocycles. The van der Waals surface area contributed by atoms with E-state index in [2.05, 4.69) is 24.1 Å². The number of nitrogens with zero attached hydrogens (tertiary/aromatic N) is 2. The van der Waals surface area contributed by atoms with Crippen molar-refractivity contribution >= 4 is 17.7 Å². The molecule has 3 rings (SSSR count). The standard InChI is InChI=1S/C27H28N2O3/c1-20(2)16-17-32-24-15-14-21(18-25(24)31-3)19-28-29-26(22-10-6-4-7-11-22)27(30)23-12-8-5-9-13-23/h4-15,18-20H,16-17H2,1-3H3/b28-19-,29-26-. The third kappa shape index (κ3) is 6.38. The van der Waals surface area contributed by atoms with Crippen molar-refractivity contribution in [2.75, 3.05) is 13.7 Å². The summed E-state index contributed by atoms with van der Waals surface area (Å²) in [5.41, 5.74) is 2.36. The van der Waals surface area contributed by atoms with Crippen LogP contribution in [0.25, 0.3) is 0 Å². The smallest absolute Gasteiger partial charge is 0.213 e. The predicted octanol–water partition coefficient (Wildman–Crippen LogP) is 5.83. The van der Waals surface area contributed by atoms with E-state index in [1.165, 1.54) is 0 Å². The minimum Gasteiger partial charge on any atom is -0.493 e. The number of hydrogen-bond donors (Lipinski definition) is 0. The Hall–Kier alpha value is -3.73. The molecule has 5 nitrogen and oxygen atoms in total. The molecule has 0 bridgehead atoms. The van der Waals surface area contributed by atoms with Crippen LogP contribution in [0.5, 0.6) is 11.5 Å². The molecule has 0 aliphatic carbocycles. The van der Waals surface area contributed by atoms with Gasteiger partial charge in [0.15, 0.2) is 11.5 Å². The molecule has 3 aromatic carbocycles. The van der Waals surface area contributed by atoms with E-state index < -0.39 is 0 Å². The number of ether oxygens (including phenoxy) is 2. The van der Waals surface area contributed by atoms with E-state index in [1.807, 2.05) is 66.7 Å². The van der Waals surface area contributed by atoms with E-state index >= 15 is 0 Å². The molecular formula is C27H28N2O3. The molecule has 0 radical (unpaired) electrons. The highest BCUT2D eigenvalue weighted by molar-refractivity contribution is 6.51. The van der Waals surface area contributed by atoms with Crippen molar-refractivity contribution in [3.63, 3.8) is 0 Å².